The number of para-hydroxylation sites is 1. The Morgan fingerprint density at radius 3 is 1.81 bits per heavy atom. The van der Waals surface area contributed by atoms with Gasteiger partial charge in [-0.2, -0.15) is 0 Å². The Morgan fingerprint density at radius 2 is 1.02 bits per heavy atom. The highest BCUT2D eigenvalue weighted by Gasteiger charge is 2.20. The summed E-state index contributed by atoms with van der Waals surface area (Å²) < 4.78 is 12.7. The Labute approximate surface area is 310 Å². The van der Waals surface area contributed by atoms with E-state index in [1.165, 1.54) is 70.7 Å². The van der Waals surface area contributed by atoms with Crippen LogP contribution in [0.1, 0.15) is 17.9 Å². The lowest BCUT2D eigenvalue weighted by molar-refractivity contribution is 0.570. The van der Waals surface area contributed by atoms with Crippen LogP contribution in [0.15, 0.2) is 173 Å². The Morgan fingerprint density at radius 1 is 0.407 bits per heavy atom. The molecule has 1 aliphatic rings. The van der Waals surface area contributed by atoms with Crippen molar-refractivity contribution in [2.45, 2.75) is 12.3 Å². The summed E-state index contributed by atoms with van der Waals surface area (Å²) in [5.74, 6) is 0.224. The Balaban J connectivity index is 1.02. The van der Waals surface area contributed by atoms with Crippen molar-refractivity contribution in [1.29, 1.82) is 0 Å². The fourth-order valence-corrected chi connectivity index (χ4v) is 9.26. The van der Waals surface area contributed by atoms with Crippen LogP contribution in [0.2, 0.25) is 0 Å². The quantitative estimate of drug-likeness (QED) is 0.173. The average Bonchev–Trinajstić information content (AvgIpc) is 3.77. The molecule has 0 saturated carbocycles. The van der Waals surface area contributed by atoms with Gasteiger partial charge in [-0.05, 0) is 114 Å². The summed E-state index contributed by atoms with van der Waals surface area (Å²) in [5.41, 5.74) is 10.1. The van der Waals surface area contributed by atoms with Gasteiger partial charge in [0, 0.05) is 27.3 Å². The molecule has 2 nitrogen and oxygen atoms in total. The minimum atomic E-state index is 0.224. The van der Waals surface area contributed by atoms with Crippen LogP contribution in [-0.4, -0.2) is 0 Å². The van der Waals surface area contributed by atoms with Gasteiger partial charge in [-0.3, -0.25) is 0 Å². The Bertz CT molecular complexity index is 3420. The van der Waals surface area contributed by atoms with Gasteiger partial charge in [0.05, 0.1) is 0 Å². The fourth-order valence-electron chi connectivity index (χ4n) is 9.26. The largest absolute Gasteiger partial charge is 0.456 e. The number of furan rings is 2. The van der Waals surface area contributed by atoms with Crippen LogP contribution in [0.5, 0.6) is 0 Å². The maximum absolute atomic E-state index is 6.50. The molecule has 0 amide bonds. The zero-order valence-corrected chi connectivity index (χ0v) is 29.3. The van der Waals surface area contributed by atoms with E-state index in [9.17, 15) is 0 Å². The number of fused-ring (bicyclic) bond motifs is 10. The first kappa shape index (κ1) is 29.7. The van der Waals surface area contributed by atoms with Crippen molar-refractivity contribution in [3.63, 3.8) is 0 Å². The molecule has 2 aromatic heterocycles. The highest BCUT2D eigenvalue weighted by molar-refractivity contribution is 6.23. The molecule has 0 N–H and O–H groups in total. The summed E-state index contributed by atoms with van der Waals surface area (Å²) in [5, 5.41) is 14.5. The van der Waals surface area contributed by atoms with Crippen molar-refractivity contribution >= 4 is 88.1 Å². The van der Waals surface area contributed by atoms with Crippen molar-refractivity contribution in [3.8, 4) is 22.3 Å². The van der Waals surface area contributed by atoms with Crippen LogP contribution in [-0.2, 0) is 0 Å². The van der Waals surface area contributed by atoms with Crippen molar-refractivity contribution in [2.24, 2.45) is 0 Å². The third kappa shape index (κ3) is 4.34. The van der Waals surface area contributed by atoms with Crippen LogP contribution < -0.4 is 10.6 Å². The summed E-state index contributed by atoms with van der Waals surface area (Å²) in [7, 11) is 0. The molecule has 1 aliphatic carbocycles. The van der Waals surface area contributed by atoms with Gasteiger partial charge in [0.25, 0.3) is 0 Å². The highest BCUT2D eigenvalue weighted by atomic mass is 16.3. The zero-order valence-electron chi connectivity index (χ0n) is 29.3. The van der Waals surface area contributed by atoms with E-state index in [1.807, 2.05) is 12.1 Å². The molecule has 12 rings (SSSR count). The van der Waals surface area contributed by atoms with Crippen LogP contribution in [0.3, 0.4) is 0 Å². The smallest absolute Gasteiger partial charge is 0.136 e. The third-order valence-corrected chi connectivity index (χ3v) is 11.7. The Kier molecular flexibility index (Phi) is 6.20. The molecule has 0 aliphatic heterocycles. The second-order valence-corrected chi connectivity index (χ2v) is 14.7. The summed E-state index contributed by atoms with van der Waals surface area (Å²) in [6, 6.07) is 59.7. The number of benzene rings is 9. The lowest BCUT2D eigenvalue weighted by atomic mass is 9.83. The summed E-state index contributed by atoms with van der Waals surface area (Å²) in [6.45, 7) is 0. The van der Waals surface area contributed by atoms with E-state index in [1.54, 1.807) is 0 Å². The van der Waals surface area contributed by atoms with Gasteiger partial charge >= 0.3 is 0 Å². The molecule has 2 heteroatoms. The SMILES string of the molecule is C1=c2oc3cc4cc5oc6ccccc6c5cc4cc3c2=CC(c2cccc(-c3c4ccccc4c(-c4cccc5ccccc45)c4ccccc34)c2)C1. The minimum absolute atomic E-state index is 0.224. The van der Waals surface area contributed by atoms with Crippen LogP contribution in [0, 0.1) is 0 Å². The summed E-state index contributed by atoms with van der Waals surface area (Å²) in [6.07, 6.45) is 5.59. The number of hydrogen-bond donors (Lipinski definition) is 0. The molecule has 0 fully saturated rings. The molecule has 11 aromatic rings. The monoisotopic (exact) mass is 688 g/mol. The maximum atomic E-state index is 6.50. The minimum Gasteiger partial charge on any atom is -0.456 e. The predicted molar refractivity (Wildman–Crippen MR) is 226 cm³/mol. The van der Waals surface area contributed by atoms with Crippen molar-refractivity contribution in [3.05, 3.63) is 180 Å². The molecule has 54 heavy (non-hydrogen) atoms. The molecule has 0 spiro atoms. The molecule has 0 saturated heterocycles. The van der Waals surface area contributed by atoms with Gasteiger partial charge in [0.15, 0.2) is 0 Å². The molecule has 1 atom stereocenters. The lowest BCUT2D eigenvalue weighted by Crippen LogP contribution is -2.24. The summed E-state index contributed by atoms with van der Waals surface area (Å²) >= 11 is 0. The number of hydrogen-bond acceptors (Lipinski definition) is 2. The van der Waals surface area contributed by atoms with Crippen molar-refractivity contribution in [1.82, 2.24) is 0 Å². The topological polar surface area (TPSA) is 26.3 Å². The average molecular weight is 689 g/mol. The molecule has 252 valence electrons. The third-order valence-electron chi connectivity index (χ3n) is 11.7. The number of rotatable bonds is 3. The van der Waals surface area contributed by atoms with Gasteiger partial charge in [-0.25, -0.2) is 0 Å². The van der Waals surface area contributed by atoms with Gasteiger partial charge in [-0.1, -0.05) is 140 Å². The molecule has 0 bridgehead atoms. The Hall–Kier alpha value is -6.90. The molecule has 0 radical (unpaired) electrons. The first-order valence-corrected chi connectivity index (χ1v) is 18.8. The van der Waals surface area contributed by atoms with Gasteiger partial charge in [-0.15, -0.1) is 0 Å². The highest BCUT2D eigenvalue weighted by Crippen LogP contribution is 2.45. The van der Waals surface area contributed by atoms with Crippen LogP contribution in [0.25, 0.3) is 110 Å². The van der Waals surface area contributed by atoms with Gasteiger partial charge in [0.1, 0.15) is 22.2 Å². The normalized spacial score (nSPS) is 14.3. The second kappa shape index (κ2) is 11.3. The van der Waals surface area contributed by atoms with Crippen molar-refractivity contribution in [2.75, 3.05) is 0 Å². The first-order valence-electron chi connectivity index (χ1n) is 18.8. The van der Waals surface area contributed by atoms with E-state index in [-0.39, 0.29) is 5.92 Å². The maximum Gasteiger partial charge on any atom is 0.136 e. The van der Waals surface area contributed by atoms with Gasteiger partial charge < -0.3 is 8.83 Å². The molecule has 1 unspecified atom stereocenters. The fraction of sp³-hybridized carbons (Fsp3) is 0.0385. The zero-order chi connectivity index (χ0) is 35.3. The standard InChI is InChI=1S/C52H32O2/c1-2-15-37-31(11-1)12-10-21-39(37)52-42-19-5-3-17-40(42)51(41-18-4-6-20-43(41)52)34-14-9-13-32(25-34)33-23-24-48-45(26-33)46-28-35-27-44-38-16-7-8-22-47(38)53-49(44)29-36(35)30-50(46)54-48/h1-22,24-30,33H,23H2. The molecular formula is C52H32O2. The van der Waals surface area contributed by atoms with E-state index >= 15 is 0 Å². The van der Waals surface area contributed by atoms with E-state index in [0.717, 1.165) is 50.1 Å². The predicted octanol–water partition coefficient (Wildman–Crippen LogP) is 13.0. The van der Waals surface area contributed by atoms with Crippen molar-refractivity contribution < 1.29 is 8.83 Å². The first-order chi connectivity index (χ1) is 26.7. The second-order valence-electron chi connectivity index (χ2n) is 14.7. The molecular weight excluding hydrogens is 657 g/mol. The molecule has 2 heterocycles. The van der Waals surface area contributed by atoms with E-state index in [0.29, 0.717) is 0 Å². The van der Waals surface area contributed by atoms with E-state index in [4.69, 9.17) is 8.83 Å². The lowest BCUT2D eigenvalue weighted by Gasteiger charge is -2.20. The summed E-state index contributed by atoms with van der Waals surface area (Å²) in [4.78, 5) is 0. The van der Waals surface area contributed by atoms with E-state index < -0.39 is 0 Å². The molecule has 9 aromatic carbocycles. The van der Waals surface area contributed by atoms with E-state index in [2.05, 4.69) is 164 Å². The van der Waals surface area contributed by atoms with Gasteiger partial charge in [0.2, 0.25) is 0 Å². The van der Waals surface area contributed by atoms with Crippen LogP contribution >= 0.6 is 0 Å². The van der Waals surface area contributed by atoms with Crippen LogP contribution in [0.4, 0.5) is 0 Å².